The Morgan fingerprint density at radius 3 is 0.814 bits per heavy atom. The van der Waals surface area contributed by atoms with E-state index < -0.39 is 0 Å². The lowest BCUT2D eigenvalue weighted by molar-refractivity contribution is 1.07. The number of nitrogens with zero attached hydrogens (tertiary/aromatic N) is 9. The Morgan fingerprint density at radius 2 is 0.451 bits per heavy atom. The van der Waals surface area contributed by atoms with E-state index in [1.807, 2.05) is 133 Å². The van der Waals surface area contributed by atoms with Crippen molar-refractivity contribution in [3.8, 4) is 135 Å². The molecule has 18 aromatic rings. The number of fused-ring (bicyclic) bond motifs is 6. The molecule has 0 fully saturated rings. The van der Waals surface area contributed by atoms with Crippen LogP contribution in [0.1, 0.15) is 11.4 Å². The Balaban J connectivity index is 0.000000152. The first-order valence-corrected chi connectivity index (χ1v) is 34.1. The van der Waals surface area contributed by atoms with Gasteiger partial charge in [0, 0.05) is 77.4 Å². The Morgan fingerprint density at radius 1 is 0.167 bits per heavy atom. The summed E-state index contributed by atoms with van der Waals surface area (Å²) in [6, 6.07) is 119. The fourth-order valence-electron chi connectivity index (χ4n) is 13.4. The number of pyridine rings is 4. The van der Waals surface area contributed by atoms with Crippen LogP contribution in [0.3, 0.4) is 0 Å². The third-order valence-electron chi connectivity index (χ3n) is 18.5. The first-order valence-electron chi connectivity index (χ1n) is 34.1. The molecule has 12 aromatic carbocycles. The quantitative estimate of drug-likeness (QED) is 0.110. The molecule has 0 aliphatic carbocycles. The molecule has 6 heterocycles. The van der Waals surface area contributed by atoms with Gasteiger partial charge in [-0.1, -0.05) is 303 Å². The number of benzene rings is 12. The van der Waals surface area contributed by atoms with Crippen molar-refractivity contribution in [2.24, 2.45) is 0 Å². The van der Waals surface area contributed by atoms with Crippen molar-refractivity contribution in [3.05, 3.63) is 357 Å². The van der Waals surface area contributed by atoms with Gasteiger partial charge in [0.1, 0.15) is 0 Å². The molecule has 0 amide bonds. The number of aryl methyl sites for hydroxylation is 2. The van der Waals surface area contributed by atoms with Crippen molar-refractivity contribution >= 4 is 43.6 Å². The van der Waals surface area contributed by atoms with Crippen LogP contribution in [0, 0.1) is 13.8 Å². The van der Waals surface area contributed by atoms with E-state index in [4.69, 9.17) is 44.9 Å². The zero-order valence-corrected chi connectivity index (χ0v) is 55.9. The van der Waals surface area contributed by atoms with Crippen LogP contribution < -0.4 is 0 Å². The molecule has 0 radical (unpaired) electrons. The first kappa shape index (κ1) is 61.9. The standard InChI is InChI=1S/C47H32N4.C46H31N5/c1-31-28-41(40-26-24-36-25-27-42(33-12-5-2-6-13-33)49-45(36)46(40)48-31)39-19-11-18-38(29-39)32-20-22-37(23-21-32)47-50-43(34-14-7-3-8-15-34)30-44(51-47)35-16-9-4-10-17-35;1-30-28-40(39-26-24-33-25-27-41(32-12-5-2-6-13-32)48-42(33)43(39)47-30)38-19-11-18-37(29-38)31-20-22-36(23-21-31)46-50-44(34-14-7-3-8-15-34)49-45(51-46)35-16-9-4-10-17-35/h2-30H,1H3;2-29H,1H3. The maximum atomic E-state index is 5.12. The molecule has 9 heteroatoms. The molecule has 0 spiro atoms. The lowest BCUT2D eigenvalue weighted by Gasteiger charge is -2.13. The molecule has 0 bridgehead atoms. The van der Waals surface area contributed by atoms with E-state index in [0.29, 0.717) is 23.3 Å². The lowest BCUT2D eigenvalue weighted by atomic mass is 9.95. The Kier molecular flexibility index (Phi) is 16.6. The molecule has 0 unspecified atom stereocenters. The highest BCUT2D eigenvalue weighted by Crippen LogP contribution is 2.39. The maximum Gasteiger partial charge on any atom is 0.164 e. The van der Waals surface area contributed by atoms with Crippen LogP contribution in [0.5, 0.6) is 0 Å². The highest BCUT2D eigenvalue weighted by atomic mass is 15.0. The Hall–Kier alpha value is -13.6. The fourth-order valence-corrected chi connectivity index (χ4v) is 13.4. The molecular weight excluding hydrogens is 1240 g/mol. The molecule has 18 rings (SSSR count). The van der Waals surface area contributed by atoms with Crippen LogP contribution in [0.2, 0.25) is 0 Å². The van der Waals surface area contributed by atoms with Crippen molar-refractivity contribution in [3.63, 3.8) is 0 Å². The second-order valence-electron chi connectivity index (χ2n) is 25.4. The molecular formula is C93H63N9. The molecule has 0 saturated heterocycles. The third-order valence-corrected chi connectivity index (χ3v) is 18.5. The van der Waals surface area contributed by atoms with Crippen LogP contribution in [0.15, 0.2) is 346 Å². The molecule has 9 nitrogen and oxygen atoms in total. The van der Waals surface area contributed by atoms with Crippen molar-refractivity contribution < 1.29 is 0 Å². The Bertz CT molecular complexity index is 5610. The van der Waals surface area contributed by atoms with Crippen molar-refractivity contribution in [2.45, 2.75) is 13.8 Å². The van der Waals surface area contributed by atoms with Crippen molar-refractivity contribution in [1.29, 1.82) is 0 Å². The molecule has 0 atom stereocenters. The van der Waals surface area contributed by atoms with Crippen molar-refractivity contribution in [2.75, 3.05) is 0 Å². The van der Waals surface area contributed by atoms with Crippen LogP contribution in [0.25, 0.3) is 179 Å². The van der Waals surface area contributed by atoms with E-state index in [1.54, 1.807) is 0 Å². The van der Waals surface area contributed by atoms with Gasteiger partial charge in [-0.3, -0.25) is 9.97 Å². The number of rotatable bonds is 12. The predicted molar refractivity (Wildman–Crippen MR) is 418 cm³/mol. The molecule has 0 saturated carbocycles. The smallest absolute Gasteiger partial charge is 0.164 e. The minimum absolute atomic E-state index is 0.637. The zero-order valence-electron chi connectivity index (χ0n) is 55.9. The van der Waals surface area contributed by atoms with E-state index in [1.165, 1.54) is 0 Å². The van der Waals surface area contributed by atoms with Crippen LogP contribution in [-0.2, 0) is 0 Å². The highest BCUT2D eigenvalue weighted by molar-refractivity contribution is 6.10. The van der Waals surface area contributed by atoms with E-state index in [9.17, 15) is 0 Å². The van der Waals surface area contributed by atoms with E-state index in [-0.39, 0.29) is 0 Å². The largest absolute Gasteiger partial charge is 0.251 e. The van der Waals surface area contributed by atoms with Gasteiger partial charge in [-0.05, 0) is 101 Å². The van der Waals surface area contributed by atoms with E-state index in [2.05, 4.69) is 226 Å². The summed E-state index contributed by atoms with van der Waals surface area (Å²) >= 11 is 0. The van der Waals surface area contributed by atoms with Gasteiger partial charge in [0.15, 0.2) is 23.3 Å². The maximum absolute atomic E-state index is 5.12. The van der Waals surface area contributed by atoms with Crippen LogP contribution >= 0.6 is 0 Å². The minimum atomic E-state index is 0.637. The minimum Gasteiger partial charge on any atom is -0.251 e. The van der Waals surface area contributed by atoms with E-state index >= 15 is 0 Å². The summed E-state index contributed by atoms with van der Waals surface area (Å²) in [4.78, 5) is 44.9. The van der Waals surface area contributed by atoms with E-state index in [0.717, 1.165) is 167 Å². The summed E-state index contributed by atoms with van der Waals surface area (Å²) in [5.41, 5.74) is 26.4. The van der Waals surface area contributed by atoms with Gasteiger partial charge >= 0.3 is 0 Å². The molecule has 102 heavy (non-hydrogen) atoms. The van der Waals surface area contributed by atoms with Gasteiger partial charge in [-0.2, -0.15) is 0 Å². The highest BCUT2D eigenvalue weighted by Gasteiger charge is 2.18. The summed E-state index contributed by atoms with van der Waals surface area (Å²) in [6.45, 7) is 4.11. The molecule has 0 aliphatic rings. The molecule has 0 aliphatic heterocycles. The van der Waals surface area contributed by atoms with Crippen LogP contribution in [0.4, 0.5) is 0 Å². The predicted octanol–water partition coefficient (Wildman–Crippen LogP) is 23.2. The van der Waals surface area contributed by atoms with Crippen LogP contribution in [-0.4, -0.2) is 44.9 Å². The van der Waals surface area contributed by atoms with Gasteiger partial charge in [-0.15, -0.1) is 0 Å². The average molecular weight is 1310 g/mol. The number of hydrogen-bond donors (Lipinski definition) is 0. The third kappa shape index (κ3) is 12.7. The summed E-state index contributed by atoms with van der Waals surface area (Å²) in [7, 11) is 0. The second-order valence-corrected chi connectivity index (χ2v) is 25.4. The van der Waals surface area contributed by atoms with Gasteiger partial charge < -0.3 is 0 Å². The van der Waals surface area contributed by atoms with Gasteiger partial charge in [0.2, 0.25) is 0 Å². The fraction of sp³-hybridized carbons (Fsp3) is 0.0215. The Labute approximate surface area is 591 Å². The molecule has 480 valence electrons. The lowest BCUT2D eigenvalue weighted by Crippen LogP contribution is -2.00. The summed E-state index contributed by atoms with van der Waals surface area (Å²) < 4.78 is 0. The first-order chi connectivity index (χ1) is 50.3. The van der Waals surface area contributed by atoms with Gasteiger partial charge in [0.05, 0.1) is 44.8 Å². The van der Waals surface area contributed by atoms with Gasteiger partial charge in [-0.25, -0.2) is 34.9 Å². The SMILES string of the molecule is Cc1cc(-c2cccc(-c3ccc(-c4nc(-c5ccccc5)cc(-c5ccccc5)n4)cc3)c2)c2ccc3ccc(-c4ccccc4)nc3c2n1.Cc1cc(-c2cccc(-c3ccc(-c4nc(-c5ccccc5)nc(-c5ccccc5)n4)cc3)c2)c2ccc3ccc(-c4ccccc4)nc3c2n1. The topological polar surface area (TPSA) is 116 Å². The normalized spacial score (nSPS) is 11.2. The van der Waals surface area contributed by atoms with Crippen molar-refractivity contribution in [1.82, 2.24) is 44.9 Å². The molecule has 6 aromatic heterocycles. The number of aromatic nitrogens is 9. The molecule has 0 N–H and O–H groups in total. The monoisotopic (exact) mass is 1310 g/mol. The average Bonchev–Trinajstić information content (AvgIpc) is 0.765. The summed E-state index contributed by atoms with van der Waals surface area (Å²) in [6.07, 6.45) is 0. The second kappa shape index (κ2) is 27.4. The zero-order chi connectivity index (χ0) is 68.3. The summed E-state index contributed by atoms with van der Waals surface area (Å²) in [5.74, 6) is 2.63. The summed E-state index contributed by atoms with van der Waals surface area (Å²) in [5, 5.41) is 4.32. The van der Waals surface area contributed by atoms with Gasteiger partial charge in [0.25, 0.3) is 0 Å². The number of hydrogen-bond acceptors (Lipinski definition) is 9.